The minimum absolute atomic E-state index is 0.909. The van der Waals surface area contributed by atoms with E-state index in [1.54, 1.807) is 0 Å². The highest BCUT2D eigenvalue weighted by molar-refractivity contribution is 6.23. The van der Waals surface area contributed by atoms with Crippen LogP contribution in [0.15, 0.2) is 199 Å². The van der Waals surface area contributed by atoms with E-state index < -0.39 is 0 Å². The zero-order valence-corrected chi connectivity index (χ0v) is 28.9. The van der Waals surface area contributed by atoms with E-state index in [2.05, 4.69) is 182 Å². The van der Waals surface area contributed by atoms with Gasteiger partial charge in [0.1, 0.15) is 11.2 Å². The van der Waals surface area contributed by atoms with Gasteiger partial charge in [0.05, 0.1) is 0 Å². The van der Waals surface area contributed by atoms with Gasteiger partial charge in [-0.1, -0.05) is 158 Å². The first kappa shape index (κ1) is 29.7. The van der Waals surface area contributed by atoms with Crippen molar-refractivity contribution in [2.45, 2.75) is 0 Å². The molecule has 1 nitrogen and oxygen atoms in total. The van der Waals surface area contributed by atoms with Crippen LogP contribution < -0.4 is 0 Å². The van der Waals surface area contributed by atoms with Crippen LogP contribution in [0, 0.1) is 0 Å². The van der Waals surface area contributed by atoms with Crippen molar-refractivity contribution in [3.8, 4) is 44.5 Å². The molecule has 53 heavy (non-hydrogen) atoms. The third-order valence-corrected chi connectivity index (χ3v) is 11.0. The van der Waals surface area contributed by atoms with Crippen LogP contribution >= 0.6 is 0 Å². The molecule has 11 rings (SSSR count). The van der Waals surface area contributed by atoms with E-state index in [4.69, 9.17) is 4.42 Å². The summed E-state index contributed by atoms with van der Waals surface area (Å²) in [4.78, 5) is 0. The van der Waals surface area contributed by atoms with E-state index in [9.17, 15) is 0 Å². The fourth-order valence-corrected chi connectivity index (χ4v) is 8.63. The fourth-order valence-electron chi connectivity index (χ4n) is 8.63. The molecule has 0 aliphatic heterocycles. The number of para-hydroxylation sites is 1. The topological polar surface area (TPSA) is 13.1 Å². The molecule has 0 aliphatic carbocycles. The molecule has 0 atom stereocenters. The summed E-state index contributed by atoms with van der Waals surface area (Å²) in [7, 11) is 0. The predicted octanol–water partition coefficient (Wildman–Crippen LogP) is 14.9. The van der Waals surface area contributed by atoms with Crippen molar-refractivity contribution in [2.75, 3.05) is 0 Å². The third kappa shape index (κ3) is 4.71. The molecule has 0 saturated carbocycles. The minimum atomic E-state index is 0.909. The Morgan fingerprint density at radius 3 is 1.51 bits per heavy atom. The van der Waals surface area contributed by atoms with Crippen molar-refractivity contribution in [3.63, 3.8) is 0 Å². The average Bonchev–Trinajstić information content (AvgIpc) is 3.60. The van der Waals surface area contributed by atoms with Gasteiger partial charge in [0.2, 0.25) is 0 Å². The highest BCUT2D eigenvalue weighted by atomic mass is 16.3. The Morgan fingerprint density at radius 2 is 0.755 bits per heavy atom. The molecular formula is C52H32O. The summed E-state index contributed by atoms with van der Waals surface area (Å²) in [5.74, 6) is 0. The lowest BCUT2D eigenvalue weighted by Crippen LogP contribution is -1.93. The molecule has 1 heterocycles. The van der Waals surface area contributed by atoms with Crippen molar-refractivity contribution < 1.29 is 4.42 Å². The van der Waals surface area contributed by atoms with Gasteiger partial charge in [-0.05, 0) is 124 Å². The van der Waals surface area contributed by atoms with E-state index >= 15 is 0 Å². The Morgan fingerprint density at radius 1 is 0.245 bits per heavy atom. The summed E-state index contributed by atoms with van der Waals surface area (Å²) in [5.41, 5.74) is 11.6. The van der Waals surface area contributed by atoms with Crippen molar-refractivity contribution in [2.24, 2.45) is 0 Å². The number of benzene rings is 10. The molecule has 0 N–H and O–H groups in total. The van der Waals surface area contributed by atoms with Crippen LogP contribution in [-0.2, 0) is 0 Å². The summed E-state index contributed by atoms with van der Waals surface area (Å²) >= 11 is 0. The van der Waals surface area contributed by atoms with E-state index in [1.807, 2.05) is 12.1 Å². The maximum atomic E-state index is 6.22. The highest BCUT2D eigenvalue weighted by Gasteiger charge is 2.20. The Labute approximate surface area is 307 Å². The Hall–Kier alpha value is -6.96. The summed E-state index contributed by atoms with van der Waals surface area (Å²) < 4.78 is 6.22. The van der Waals surface area contributed by atoms with Gasteiger partial charge in [-0.2, -0.15) is 0 Å². The van der Waals surface area contributed by atoms with Crippen molar-refractivity contribution >= 4 is 65.0 Å². The molecule has 1 aromatic heterocycles. The van der Waals surface area contributed by atoms with Crippen molar-refractivity contribution in [3.05, 3.63) is 194 Å². The molecule has 0 fully saturated rings. The van der Waals surface area contributed by atoms with Crippen LogP contribution in [0.5, 0.6) is 0 Å². The third-order valence-electron chi connectivity index (χ3n) is 11.0. The van der Waals surface area contributed by atoms with E-state index in [1.165, 1.54) is 87.6 Å². The highest BCUT2D eigenvalue weighted by Crippen LogP contribution is 2.47. The van der Waals surface area contributed by atoms with Crippen LogP contribution in [0.2, 0.25) is 0 Å². The van der Waals surface area contributed by atoms with Gasteiger partial charge in [-0.15, -0.1) is 0 Å². The van der Waals surface area contributed by atoms with Crippen LogP contribution in [0.25, 0.3) is 110 Å². The number of hydrogen-bond donors (Lipinski definition) is 0. The second-order valence-electron chi connectivity index (χ2n) is 14.0. The van der Waals surface area contributed by atoms with Gasteiger partial charge >= 0.3 is 0 Å². The molecule has 0 aliphatic rings. The normalized spacial score (nSPS) is 11.8. The summed E-state index contributed by atoms with van der Waals surface area (Å²) in [6.07, 6.45) is 0. The molecule has 1 heteroatoms. The SMILES string of the molecule is c1ccc(-c2c3ccccc3c(-c3cc(-c4ccc5oc6ccccc6c5c4)c4ccccc4c3)c3ccccc23)c(-c2ccc3ccccc3c2)c1. The number of furan rings is 1. The fraction of sp³-hybridized carbons (Fsp3) is 0. The first-order valence-corrected chi connectivity index (χ1v) is 18.3. The molecule has 0 bridgehead atoms. The molecule has 0 unspecified atom stereocenters. The van der Waals surface area contributed by atoms with Gasteiger partial charge in [0.15, 0.2) is 0 Å². The average molecular weight is 673 g/mol. The van der Waals surface area contributed by atoms with Gasteiger partial charge in [-0.25, -0.2) is 0 Å². The van der Waals surface area contributed by atoms with Crippen LogP contribution in [0.3, 0.4) is 0 Å². The summed E-state index contributed by atoms with van der Waals surface area (Å²) in [6, 6.07) is 70.8. The van der Waals surface area contributed by atoms with E-state index in [0.717, 1.165) is 21.9 Å². The standard InChI is InChI=1S/C52H32O/c1-2-14-34-29-36(26-25-33(34)13-1)39-16-5-6-19-42(39)52-45-22-9-7-20-43(45)51(44-21-8-10-23-46(44)52)38-30-35-15-3-4-17-40(35)47(32-38)37-27-28-50-48(31-37)41-18-11-12-24-49(41)53-50/h1-32H. The zero-order valence-electron chi connectivity index (χ0n) is 28.9. The smallest absolute Gasteiger partial charge is 0.135 e. The van der Waals surface area contributed by atoms with E-state index in [0.29, 0.717) is 0 Å². The molecule has 0 radical (unpaired) electrons. The monoisotopic (exact) mass is 672 g/mol. The molecule has 0 amide bonds. The van der Waals surface area contributed by atoms with Gasteiger partial charge in [0, 0.05) is 10.8 Å². The minimum Gasteiger partial charge on any atom is -0.456 e. The van der Waals surface area contributed by atoms with Crippen LogP contribution in [-0.4, -0.2) is 0 Å². The lowest BCUT2D eigenvalue weighted by molar-refractivity contribution is 0.669. The lowest BCUT2D eigenvalue weighted by Gasteiger charge is -2.20. The van der Waals surface area contributed by atoms with Crippen LogP contribution in [0.4, 0.5) is 0 Å². The number of hydrogen-bond acceptors (Lipinski definition) is 1. The molecule has 0 spiro atoms. The predicted molar refractivity (Wildman–Crippen MR) is 225 cm³/mol. The number of fused-ring (bicyclic) bond motifs is 7. The molecule has 246 valence electrons. The second kappa shape index (κ2) is 11.8. The largest absolute Gasteiger partial charge is 0.456 e. The quantitative estimate of drug-likeness (QED) is 0.170. The Bertz CT molecular complexity index is 3180. The van der Waals surface area contributed by atoms with Crippen LogP contribution in [0.1, 0.15) is 0 Å². The summed E-state index contributed by atoms with van der Waals surface area (Å²) in [5, 5.41) is 12.2. The molecule has 10 aromatic carbocycles. The first-order valence-electron chi connectivity index (χ1n) is 18.3. The van der Waals surface area contributed by atoms with Gasteiger partial charge in [-0.3, -0.25) is 0 Å². The van der Waals surface area contributed by atoms with Crippen molar-refractivity contribution in [1.82, 2.24) is 0 Å². The summed E-state index contributed by atoms with van der Waals surface area (Å²) in [6.45, 7) is 0. The molecule has 11 aromatic rings. The van der Waals surface area contributed by atoms with Gasteiger partial charge < -0.3 is 4.42 Å². The Kier molecular flexibility index (Phi) is 6.62. The Balaban J connectivity index is 1.18. The zero-order chi connectivity index (χ0) is 34.9. The second-order valence-corrected chi connectivity index (χ2v) is 14.0. The maximum Gasteiger partial charge on any atom is 0.135 e. The molecular weight excluding hydrogens is 641 g/mol. The van der Waals surface area contributed by atoms with E-state index in [-0.39, 0.29) is 0 Å². The lowest BCUT2D eigenvalue weighted by atomic mass is 9.82. The van der Waals surface area contributed by atoms with Crippen molar-refractivity contribution in [1.29, 1.82) is 0 Å². The maximum absolute atomic E-state index is 6.22. The van der Waals surface area contributed by atoms with Gasteiger partial charge in [0.25, 0.3) is 0 Å². The molecule has 0 saturated heterocycles. The number of rotatable bonds is 4. The first-order chi connectivity index (χ1) is 26.3.